The van der Waals surface area contributed by atoms with E-state index < -0.39 is 23.6 Å². The first-order valence-electron chi connectivity index (χ1n) is 3.76. The van der Waals surface area contributed by atoms with Gasteiger partial charge in [0.25, 0.3) is 6.43 Å². The maximum Gasteiger partial charge on any atom is 0.340 e. The number of alkyl halides is 2. The number of hydrogen-bond donors (Lipinski definition) is 1. The van der Waals surface area contributed by atoms with Gasteiger partial charge >= 0.3 is 5.97 Å². The lowest BCUT2D eigenvalue weighted by Crippen LogP contribution is -2.17. The summed E-state index contributed by atoms with van der Waals surface area (Å²) in [7, 11) is 1.08. The van der Waals surface area contributed by atoms with Crippen LogP contribution < -0.4 is 5.56 Å². The van der Waals surface area contributed by atoms with Crippen molar-refractivity contribution in [2.24, 2.45) is 0 Å². The lowest BCUT2D eigenvalue weighted by Gasteiger charge is -2.08. The van der Waals surface area contributed by atoms with Crippen molar-refractivity contribution in [2.75, 3.05) is 7.11 Å². The van der Waals surface area contributed by atoms with E-state index in [2.05, 4.69) is 4.74 Å². The third-order valence-corrected chi connectivity index (χ3v) is 2.48. The van der Waals surface area contributed by atoms with Crippen molar-refractivity contribution in [2.45, 2.75) is 6.43 Å². The molecule has 0 aromatic carbocycles. The topological polar surface area (TPSA) is 59.2 Å². The largest absolute Gasteiger partial charge is 0.465 e. The zero-order chi connectivity index (χ0) is 11.6. The molecule has 1 heterocycles. The van der Waals surface area contributed by atoms with Crippen LogP contribution in [0.1, 0.15) is 22.5 Å². The molecule has 82 valence electrons. The molecular weight excluding hydrogens is 323 g/mol. The second-order valence-corrected chi connectivity index (χ2v) is 3.72. The first-order valence-corrected chi connectivity index (χ1v) is 4.84. The molecule has 0 spiro atoms. The Hall–Kier alpha value is -0.990. The fraction of sp³-hybridized carbons (Fsp3) is 0.250. The number of aromatic amines is 1. The van der Waals surface area contributed by atoms with Gasteiger partial charge in [0, 0.05) is 9.64 Å². The zero-order valence-corrected chi connectivity index (χ0v) is 9.67. The number of carbonyl (C=O) groups excluding carboxylic acids is 1. The summed E-state index contributed by atoms with van der Waals surface area (Å²) >= 11 is 1.63. The van der Waals surface area contributed by atoms with Gasteiger partial charge in [0.1, 0.15) is 5.69 Å². The molecule has 1 aromatic heterocycles. The Morgan fingerprint density at radius 1 is 1.60 bits per heavy atom. The molecule has 0 amide bonds. The van der Waals surface area contributed by atoms with E-state index in [4.69, 9.17) is 0 Å². The lowest BCUT2D eigenvalue weighted by atomic mass is 10.2. The predicted molar refractivity (Wildman–Crippen MR) is 56.1 cm³/mol. The minimum atomic E-state index is -2.93. The van der Waals surface area contributed by atoms with Crippen molar-refractivity contribution in [3.63, 3.8) is 0 Å². The minimum Gasteiger partial charge on any atom is -0.465 e. The Labute approximate surface area is 96.8 Å². The summed E-state index contributed by atoms with van der Waals surface area (Å²) in [5.74, 6) is -0.897. The van der Waals surface area contributed by atoms with E-state index in [1.165, 1.54) is 0 Å². The second kappa shape index (κ2) is 4.69. The first-order chi connectivity index (χ1) is 6.97. The van der Waals surface area contributed by atoms with Gasteiger partial charge in [-0.2, -0.15) is 0 Å². The highest BCUT2D eigenvalue weighted by atomic mass is 127. The monoisotopic (exact) mass is 329 g/mol. The van der Waals surface area contributed by atoms with E-state index in [9.17, 15) is 18.4 Å². The molecule has 0 saturated heterocycles. The van der Waals surface area contributed by atoms with E-state index in [-0.39, 0.29) is 9.13 Å². The maximum atomic E-state index is 12.5. The van der Waals surface area contributed by atoms with Gasteiger partial charge in [0.2, 0.25) is 5.56 Å². The Kier molecular flexibility index (Phi) is 3.77. The number of carbonyl (C=O) groups is 1. The van der Waals surface area contributed by atoms with Crippen molar-refractivity contribution in [1.29, 1.82) is 0 Å². The number of halogens is 3. The number of hydrogen-bond acceptors (Lipinski definition) is 3. The smallest absolute Gasteiger partial charge is 0.340 e. The number of nitrogens with one attached hydrogen (secondary N) is 1. The molecule has 7 heteroatoms. The van der Waals surface area contributed by atoms with Crippen LogP contribution in [0.3, 0.4) is 0 Å². The Bertz CT molecular complexity index is 444. The highest BCUT2D eigenvalue weighted by Crippen LogP contribution is 2.23. The van der Waals surface area contributed by atoms with Crippen LogP contribution in [0.5, 0.6) is 0 Å². The molecule has 1 aromatic rings. The molecular formula is C8H6F2INO3. The molecule has 1 N–H and O–H groups in total. The van der Waals surface area contributed by atoms with Crippen LogP contribution in [0.2, 0.25) is 0 Å². The number of esters is 1. The number of rotatable bonds is 2. The van der Waals surface area contributed by atoms with Gasteiger partial charge in [0.05, 0.1) is 12.7 Å². The van der Waals surface area contributed by atoms with Gasteiger partial charge < -0.3 is 9.72 Å². The van der Waals surface area contributed by atoms with Crippen LogP contribution in [-0.4, -0.2) is 18.1 Å². The fourth-order valence-corrected chi connectivity index (χ4v) is 1.81. The predicted octanol–water partition coefficient (Wildman–Crippen LogP) is 1.70. The summed E-state index contributed by atoms with van der Waals surface area (Å²) in [6.45, 7) is 0. The Morgan fingerprint density at radius 2 is 2.20 bits per heavy atom. The number of aromatic nitrogens is 1. The summed E-state index contributed by atoms with van der Waals surface area (Å²) < 4.78 is 29.5. The van der Waals surface area contributed by atoms with E-state index >= 15 is 0 Å². The van der Waals surface area contributed by atoms with Gasteiger partial charge in [-0.3, -0.25) is 4.79 Å². The number of ether oxygens (including phenoxy) is 1. The molecule has 0 unspecified atom stereocenters. The van der Waals surface area contributed by atoms with Crippen molar-refractivity contribution in [3.05, 3.63) is 31.2 Å². The van der Waals surface area contributed by atoms with Crippen LogP contribution in [-0.2, 0) is 4.74 Å². The van der Waals surface area contributed by atoms with Crippen molar-refractivity contribution in [1.82, 2.24) is 4.98 Å². The minimum absolute atomic E-state index is 0.138. The molecule has 0 saturated carbocycles. The van der Waals surface area contributed by atoms with Gasteiger partial charge in [-0.1, -0.05) is 0 Å². The van der Waals surface area contributed by atoms with Crippen molar-refractivity contribution in [3.8, 4) is 0 Å². The van der Waals surface area contributed by atoms with Gasteiger partial charge in [-0.05, 0) is 22.6 Å². The molecule has 0 bridgehead atoms. The normalized spacial score (nSPS) is 10.5. The summed E-state index contributed by atoms with van der Waals surface area (Å²) in [6.07, 6.45) is -2.93. The van der Waals surface area contributed by atoms with Gasteiger partial charge in [-0.25, -0.2) is 13.6 Å². The number of methoxy groups -OCH3 is 1. The summed E-state index contributed by atoms with van der Waals surface area (Å²) in [5.41, 5.74) is -1.69. The molecule has 4 nitrogen and oxygen atoms in total. The fourth-order valence-electron chi connectivity index (χ4n) is 1.02. The summed E-state index contributed by atoms with van der Waals surface area (Å²) in [6, 6.07) is 1.05. The highest BCUT2D eigenvalue weighted by Gasteiger charge is 2.23. The van der Waals surface area contributed by atoms with E-state index in [0.29, 0.717) is 0 Å². The molecule has 0 fully saturated rings. The number of pyridine rings is 1. The van der Waals surface area contributed by atoms with E-state index in [1.807, 2.05) is 4.98 Å². The molecule has 0 atom stereocenters. The van der Waals surface area contributed by atoms with Crippen LogP contribution in [0.4, 0.5) is 8.78 Å². The summed E-state index contributed by atoms with van der Waals surface area (Å²) in [4.78, 5) is 24.0. The highest BCUT2D eigenvalue weighted by molar-refractivity contribution is 14.1. The number of H-pyrrole nitrogens is 1. The maximum absolute atomic E-state index is 12.5. The van der Waals surface area contributed by atoms with Crippen LogP contribution in [0, 0.1) is 3.57 Å². The Morgan fingerprint density at radius 3 is 2.67 bits per heavy atom. The molecule has 0 aliphatic heterocycles. The SMILES string of the molecule is COC(=O)c1c(I)cc(=O)[nH]c1C(F)F. The van der Waals surface area contributed by atoms with Crippen LogP contribution in [0.25, 0.3) is 0 Å². The quantitative estimate of drug-likeness (QED) is 0.664. The second-order valence-electron chi connectivity index (χ2n) is 2.56. The molecule has 0 aliphatic rings. The first kappa shape index (κ1) is 12.1. The van der Waals surface area contributed by atoms with Crippen molar-refractivity contribution < 1.29 is 18.3 Å². The van der Waals surface area contributed by atoms with E-state index in [0.717, 1.165) is 13.2 Å². The molecule has 0 radical (unpaired) electrons. The average Bonchev–Trinajstić information content (AvgIpc) is 2.15. The van der Waals surface area contributed by atoms with Crippen molar-refractivity contribution >= 4 is 28.6 Å². The Balaban J connectivity index is 3.47. The zero-order valence-electron chi connectivity index (χ0n) is 7.51. The summed E-state index contributed by atoms with van der Waals surface area (Å²) in [5, 5.41) is 0. The lowest BCUT2D eigenvalue weighted by molar-refractivity contribution is 0.0585. The average molecular weight is 329 g/mol. The van der Waals surface area contributed by atoms with Crippen LogP contribution >= 0.6 is 22.6 Å². The molecule has 1 rings (SSSR count). The third kappa shape index (κ3) is 2.52. The molecule has 0 aliphatic carbocycles. The van der Waals surface area contributed by atoms with E-state index in [1.54, 1.807) is 22.6 Å². The van der Waals surface area contributed by atoms with Gasteiger partial charge in [0.15, 0.2) is 0 Å². The van der Waals surface area contributed by atoms with Crippen LogP contribution in [0.15, 0.2) is 10.9 Å². The standard InChI is InChI=1S/C8H6F2INO3/c1-15-8(14)5-3(11)2-4(13)12-6(5)7(9)10/h2,7H,1H3,(H,12,13). The third-order valence-electron chi connectivity index (χ3n) is 1.63. The molecule has 15 heavy (non-hydrogen) atoms. The van der Waals surface area contributed by atoms with Gasteiger partial charge in [-0.15, -0.1) is 0 Å².